The number of aryl methyl sites for hydroxylation is 1. The predicted molar refractivity (Wildman–Crippen MR) is 64.8 cm³/mol. The van der Waals surface area contributed by atoms with E-state index in [1.54, 1.807) is 7.11 Å². The molecule has 15 heavy (non-hydrogen) atoms. The first-order valence-corrected chi connectivity index (χ1v) is 5.52. The van der Waals surface area contributed by atoms with Crippen molar-refractivity contribution in [3.8, 4) is 5.75 Å². The van der Waals surface area contributed by atoms with E-state index < -0.39 is 0 Å². The largest absolute Gasteiger partial charge is 0.496 e. The molecule has 0 amide bonds. The van der Waals surface area contributed by atoms with Crippen molar-refractivity contribution in [3.63, 3.8) is 0 Å². The first kappa shape index (κ1) is 12.3. The Morgan fingerprint density at radius 3 is 2.67 bits per heavy atom. The Morgan fingerprint density at radius 1 is 1.47 bits per heavy atom. The van der Waals surface area contributed by atoms with Crippen LogP contribution in [0.15, 0.2) is 12.1 Å². The highest BCUT2D eigenvalue weighted by Crippen LogP contribution is 2.35. The second-order valence-electron chi connectivity index (χ2n) is 3.84. The van der Waals surface area contributed by atoms with Gasteiger partial charge in [0.25, 0.3) is 0 Å². The maximum atomic E-state index is 6.22. The Balaban J connectivity index is 3.14. The third kappa shape index (κ3) is 2.86. The average molecular weight is 228 g/mol. The monoisotopic (exact) mass is 227 g/mol. The fourth-order valence-corrected chi connectivity index (χ4v) is 2.21. The smallest absolute Gasteiger partial charge is 0.124 e. The minimum atomic E-state index is 0.332. The number of hydrogen-bond donors (Lipinski definition) is 1. The minimum absolute atomic E-state index is 0.332. The SMILES string of the molecule is COc1cc(C)cc(Cl)c1C(C)CCN. The molecule has 3 heteroatoms. The van der Waals surface area contributed by atoms with E-state index in [0.717, 1.165) is 28.3 Å². The summed E-state index contributed by atoms with van der Waals surface area (Å²) in [6.07, 6.45) is 0.916. The van der Waals surface area contributed by atoms with Gasteiger partial charge < -0.3 is 10.5 Å². The van der Waals surface area contributed by atoms with E-state index in [2.05, 4.69) is 6.92 Å². The highest BCUT2D eigenvalue weighted by Gasteiger charge is 2.15. The molecule has 84 valence electrons. The van der Waals surface area contributed by atoms with Gasteiger partial charge in [-0.05, 0) is 43.5 Å². The summed E-state index contributed by atoms with van der Waals surface area (Å²) in [7, 11) is 1.67. The summed E-state index contributed by atoms with van der Waals surface area (Å²) in [5.74, 6) is 1.19. The number of ether oxygens (including phenoxy) is 1. The molecule has 0 bridgehead atoms. The van der Waals surface area contributed by atoms with Gasteiger partial charge in [0, 0.05) is 10.6 Å². The molecule has 0 saturated carbocycles. The van der Waals surface area contributed by atoms with Crippen LogP contribution in [0.1, 0.15) is 30.4 Å². The molecular weight excluding hydrogens is 210 g/mol. The number of rotatable bonds is 4. The summed E-state index contributed by atoms with van der Waals surface area (Å²) >= 11 is 6.22. The molecule has 0 spiro atoms. The second-order valence-corrected chi connectivity index (χ2v) is 4.25. The lowest BCUT2D eigenvalue weighted by atomic mass is 9.95. The standard InChI is InChI=1S/C12H18ClNO/c1-8-6-10(13)12(9(2)4-5-14)11(7-8)15-3/h6-7,9H,4-5,14H2,1-3H3. The van der Waals surface area contributed by atoms with Crippen LogP contribution in [-0.4, -0.2) is 13.7 Å². The number of methoxy groups -OCH3 is 1. The minimum Gasteiger partial charge on any atom is -0.496 e. The summed E-state index contributed by atoms with van der Waals surface area (Å²) in [6, 6.07) is 3.97. The van der Waals surface area contributed by atoms with Crippen LogP contribution in [0.4, 0.5) is 0 Å². The van der Waals surface area contributed by atoms with Crippen LogP contribution < -0.4 is 10.5 Å². The number of nitrogens with two attached hydrogens (primary N) is 1. The molecule has 2 nitrogen and oxygen atoms in total. The van der Waals surface area contributed by atoms with E-state index in [-0.39, 0.29) is 0 Å². The van der Waals surface area contributed by atoms with Gasteiger partial charge in [0.05, 0.1) is 7.11 Å². The van der Waals surface area contributed by atoms with Gasteiger partial charge in [-0.1, -0.05) is 18.5 Å². The lowest BCUT2D eigenvalue weighted by Crippen LogP contribution is -2.06. The maximum Gasteiger partial charge on any atom is 0.124 e. The van der Waals surface area contributed by atoms with Crippen LogP contribution >= 0.6 is 11.6 Å². The zero-order valence-electron chi connectivity index (χ0n) is 9.51. The average Bonchev–Trinajstić information content (AvgIpc) is 2.16. The highest BCUT2D eigenvalue weighted by molar-refractivity contribution is 6.31. The zero-order valence-corrected chi connectivity index (χ0v) is 10.3. The Morgan fingerprint density at radius 2 is 2.13 bits per heavy atom. The van der Waals surface area contributed by atoms with E-state index in [0.29, 0.717) is 12.5 Å². The molecule has 1 aromatic carbocycles. The normalized spacial score (nSPS) is 12.6. The molecule has 1 atom stereocenters. The van der Waals surface area contributed by atoms with Crippen molar-refractivity contribution in [2.24, 2.45) is 5.73 Å². The fraction of sp³-hybridized carbons (Fsp3) is 0.500. The van der Waals surface area contributed by atoms with Crippen molar-refractivity contribution < 1.29 is 4.74 Å². The molecule has 2 N–H and O–H groups in total. The van der Waals surface area contributed by atoms with Gasteiger partial charge in [0.15, 0.2) is 0 Å². The van der Waals surface area contributed by atoms with Gasteiger partial charge in [0.2, 0.25) is 0 Å². The number of benzene rings is 1. The van der Waals surface area contributed by atoms with Crippen LogP contribution in [-0.2, 0) is 0 Å². The Kier molecular flexibility index (Phi) is 4.43. The Bertz CT molecular complexity index is 339. The van der Waals surface area contributed by atoms with Gasteiger partial charge in [-0.15, -0.1) is 0 Å². The van der Waals surface area contributed by atoms with Crippen LogP contribution in [0.3, 0.4) is 0 Å². The molecule has 1 unspecified atom stereocenters. The van der Waals surface area contributed by atoms with Crippen LogP contribution in [0, 0.1) is 6.92 Å². The van der Waals surface area contributed by atoms with Crippen molar-refractivity contribution in [1.82, 2.24) is 0 Å². The lowest BCUT2D eigenvalue weighted by Gasteiger charge is -2.17. The third-order valence-electron chi connectivity index (χ3n) is 2.55. The van der Waals surface area contributed by atoms with E-state index in [1.807, 2.05) is 19.1 Å². The molecule has 0 aliphatic heterocycles. The van der Waals surface area contributed by atoms with Crippen molar-refractivity contribution in [1.29, 1.82) is 0 Å². The zero-order chi connectivity index (χ0) is 11.4. The molecule has 1 aromatic rings. The van der Waals surface area contributed by atoms with Crippen LogP contribution in [0.5, 0.6) is 5.75 Å². The van der Waals surface area contributed by atoms with Gasteiger partial charge in [-0.2, -0.15) is 0 Å². The van der Waals surface area contributed by atoms with Crippen LogP contribution in [0.2, 0.25) is 5.02 Å². The van der Waals surface area contributed by atoms with E-state index in [1.165, 1.54) is 0 Å². The number of hydrogen-bond acceptors (Lipinski definition) is 2. The fourth-order valence-electron chi connectivity index (χ4n) is 1.76. The quantitative estimate of drug-likeness (QED) is 0.858. The molecule has 0 aromatic heterocycles. The van der Waals surface area contributed by atoms with Gasteiger partial charge in [-0.3, -0.25) is 0 Å². The van der Waals surface area contributed by atoms with Crippen molar-refractivity contribution in [2.75, 3.05) is 13.7 Å². The van der Waals surface area contributed by atoms with E-state index in [9.17, 15) is 0 Å². The summed E-state index contributed by atoms with van der Waals surface area (Å²) < 4.78 is 5.35. The molecule has 0 fully saturated rings. The molecule has 0 radical (unpaired) electrons. The molecule has 0 aliphatic carbocycles. The summed E-state index contributed by atoms with van der Waals surface area (Å²) in [5, 5.41) is 0.771. The lowest BCUT2D eigenvalue weighted by molar-refractivity contribution is 0.405. The Labute approximate surface area is 96.4 Å². The summed E-state index contributed by atoms with van der Waals surface area (Å²) in [4.78, 5) is 0. The van der Waals surface area contributed by atoms with Crippen molar-refractivity contribution >= 4 is 11.6 Å². The van der Waals surface area contributed by atoms with E-state index >= 15 is 0 Å². The summed E-state index contributed by atoms with van der Waals surface area (Å²) in [5.41, 5.74) is 7.73. The van der Waals surface area contributed by atoms with Crippen molar-refractivity contribution in [2.45, 2.75) is 26.2 Å². The first-order chi connectivity index (χ1) is 7.10. The predicted octanol–water partition coefficient (Wildman–Crippen LogP) is 3.11. The molecule has 0 aliphatic rings. The number of halogens is 1. The van der Waals surface area contributed by atoms with Gasteiger partial charge >= 0.3 is 0 Å². The third-order valence-corrected chi connectivity index (χ3v) is 2.86. The maximum absolute atomic E-state index is 6.22. The van der Waals surface area contributed by atoms with E-state index in [4.69, 9.17) is 22.1 Å². The van der Waals surface area contributed by atoms with Gasteiger partial charge in [0.1, 0.15) is 5.75 Å². The molecular formula is C12H18ClNO. The highest BCUT2D eigenvalue weighted by atomic mass is 35.5. The molecule has 1 rings (SSSR count). The second kappa shape index (κ2) is 5.38. The first-order valence-electron chi connectivity index (χ1n) is 5.14. The van der Waals surface area contributed by atoms with Crippen LogP contribution in [0.25, 0.3) is 0 Å². The van der Waals surface area contributed by atoms with Gasteiger partial charge in [-0.25, -0.2) is 0 Å². The Hall–Kier alpha value is -0.730. The topological polar surface area (TPSA) is 35.2 Å². The molecule has 0 heterocycles. The summed E-state index contributed by atoms with van der Waals surface area (Å²) in [6.45, 7) is 4.78. The molecule has 0 saturated heterocycles. The van der Waals surface area contributed by atoms with Crippen molar-refractivity contribution in [3.05, 3.63) is 28.3 Å².